The summed E-state index contributed by atoms with van der Waals surface area (Å²) in [7, 11) is 1.66. The van der Waals surface area contributed by atoms with Gasteiger partial charge in [-0.2, -0.15) is 5.10 Å². The van der Waals surface area contributed by atoms with E-state index in [0.717, 1.165) is 41.2 Å². The van der Waals surface area contributed by atoms with Crippen molar-refractivity contribution in [2.75, 3.05) is 13.1 Å². The summed E-state index contributed by atoms with van der Waals surface area (Å²) in [6.45, 7) is 5.62. The highest BCUT2D eigenvalue weighted by Gasteiger charge is 2.22. The van der Waals surface area contributed by atoms with Crippen molar-refractivity contribution in [3.8, 4) is 0 Å². The molecule has 0 bridgehead atoms. The van der Waals surface area contributed by atoms with E-state index in [2.05, 4.69) is 15.0 Å². The number of ketones is 1. The van der Waals surface area contributed by atoms with Gasteiger partial charge in [-0.25, -0.2) is 4.68 Å². The van der Waals surface area contributed by atoms with Crippen molar-refractivity contribution in [2.24, 2.45) is 7.05 Å². The van der Waals surface area contributed by atoms with Gasteiger partial charge in [0.25, 0.3) is 5.56 Å². The number of fused-ring (bicyclic) bond motifs is 1. The SMILES string of the molecule is Cc1cc(C(=O)CN2CCc3nn(C)c(=O)cc3C2)c(C)[nH]1. The fourth-order valence-corrected chi connectivity index (χ4v) is 2.99. The first-order valence-electron chi connectivity index (χ1n) is 7.42. The predicted octanol–water partition coefficient (Wildman–Crippen LogP) is 0.966. The molecular weight excluding hydrogens is 280 g/mol. The minimum atomic E-state index is -0.107. The van der Waals surface area contributed by atoms with Crippen LogP contribution in [0.5, 0.6) is 0 Å². The molecule has 3 heterocycles. The summed E-state index contributed by atoms with van der Waals surface area (Å²) in [5.74, 6) is 0.113. The molecule has 0 radical (unpaired) electrons. The number of carbonyl (C=O) groups excluding carboxylic acids is 1. The minimum Gasteiger partial charge on any atom is -0.362 e. The third kappa shape index (κ3) is 2.74. The fraction of sp³-hybridized carbons (Fsp3) is 0.438. The average Bonchev–Trinajstić information content (AvgIpc) is 2.79. The maximum atomic E-state index is 12.4. The standard InChI is InChI=1S/C16H20N4O2/c1-10-6-13(11(2)17-10)15(21)9-20-5-4-14-12(8-20)7-16(22)19(3)18-14/h6-7,17H,4-5,8-9H2,1-3H3. The van der Waals surface area contributed by atoms with Crippen LogP contribution in [0.3, 0.4) is 0 Å². The van der Waals surface area contributed by atoms with Crippen LogP contribution < -0.4 is 5.56 Å². The topological polar surface area (TPSA) is 71.0 Å². The summed E-state index contributed by atoms with van der Waals surface area (Å²) in [6.07, 6.45) is 0.766. The van der Waals surface area contributed by atoms with Crippen LogP contribution in [-0.2, 0) is 20.0 Å². The second kappa shape index (κ2) is 5.53. The number of Topliss-reactive ketones (excluding diaryl/α,β-unsaturated/α-hetero) is 1. The number of nitrogens with zero attached hydrogens (tertiary/aromatic N) is 3. The Kier molecular flexibility index (Phi) is 3.70. The quantitative estimate of drug-likeness (QED) is 0.857. The molecule has 6 heteroatoms. The molecule has 1 aliphatic heterocycles. The van der Waals surface area contributed by atoms with E-state index in [1.807, 2.05) is 19.9 Å². The summed E-state index contributed by atoms with van der Waals surface area (Å²) in [4.78, 5) is 29.4. The first-order chi connectivity index (χ1) is 10.4. The summed E-state index contributed by atoms with van der Waals surface area (Å²) >= 11 is 0. The third-order valence-corrected chi connectivity index (χ3v) is 4.13. The maximum Gasteiger partial charge on any atom is 0.266 e. The Bertz CT molecular complexity index is 788. The van der Waals surface area contributed by atoms with Gasteiger partial charge >= 0.3 is 0 Å². The molecule has 22 heavy (non-hydrogen) atoms. The number of aromatic amines is 1. The van der Waals surface area contributed by atoms with Crippen molar-refractivity contribution in [1.29, 1.82) is 0 Å². The molecular formula is C16H20N4O2. The highest BCUT2D eigenvalue weighted by atomic mass is 16.1. The Labute approximate surface area is 128 Å². The first-order valence-corrected chi connectivity index (χ1v) is 7.42. The van der Waals surface area contributed by atoms with Crippen molar-refractivity contribution in [3.05, 3.63) is 50.7 Å². The number of hydrogen-bond donors (Lipinski definition) is 1. The number of rotatable bonds is 3. The summed E-state index contributed by atoms with van der Waals surface area (Å²) in [5.41, 5.74) is 4.45. The molecule has 0 saturated carbocycles. The molecule has 0 aliphatic carbocycles. The monoisotopic (exact) mass is 300 g/mol. The Hall–Kier alpha value is -2.21. The van der Waals surface area contributed by atoms with Gasteiger partial charge in [0.15, 0.2) is 5.78 Å². The Morgan fingerprint density at radius 2 is 2.14 bits per heavy atom. The zero-order chi connectivity index (χ0) is 15.9. The molecule has 0 spiro atoms. The van der Waals surface area contributed by atoms with Crippen LogP contribution in [0, 0.1) is 13.8 Å². The van der Waals surface area contributed by atoms with E-state index in [1.54, 1.807) is 13.1 Å². The minimum absolute atomic E-state index is 0.107. The molecule has 1 N–H and O–H groups in total. The van der Waals surface area contributed by atoms with E-state index in [4.69, 9.17) is 0 Å². The second-order valence-electron chi connectivity index (χ2n) is 5.95. The van der Waals surface area contributed by atoms with Crippen molar-refractivity contribution in [1.82, 2.24) is 19.7 Å². The highest BCUT2D eigenvalue weighted by molar-refractivity contribution is 5.98. The van der Waals surface area contributed by atoms with Crippen LogP contribution in [0.1, 0.15) is 33.0 Å². The van der Waals surface area contributed by atoms with E-state index in [9.17, 15) is 9.59 Å². The third-order valence-electron chi connectivity index (χ3n) is 4.13. The van der Waals surface area contributed by atoms with Crippen LogP contribution in [-0.4, -0.2) is 38.5 Å². The second-order valence-corrected chi connectivity index (χ2v) is 5.95. The molecule has 116 valence electrons. The van der Waals surface area contributed by atoms with Gasteiger partial charge in [-0.15, -0.1) is 0 Å². The molecule has 3 rings (SSSR count). The number of aryl methyl sites for hydroxylation is 3. The lowest BCUT2D eigenvalue weighted by molar-refractivity contribution is 0.0920. The van der Waals surface area contributed by atoms with Crippen molar-refractivity contribution in [3.63, 3.8) is 0 Å². The van der Waals surface area contributed by atoms with Gasteiger partial charge < -0.3 is 4.98 Å². The van der Waals surface area contributed by atoms with Gasteiger partial charge in [-0.3, -0.25) is 14.5 Å². The van der Waals surface area contributed by atoms with Crippen molar-refractivity contribution in [2.45, 2.75) is 26.8 Å². The van der Waals surface area contributed by atoms with Crippen LogP contribution in [0.4, 0.5) is 0 Å². The van der Waals surface area contributed by atoms with Crippen LogP contribution in [0.2, 0.25) is 0 Å². The lowest BCUT2D eigenvalue weighted by atomic mass is 10.1. The summed E-state index contributed by atoms with van der Waals surface area (Å²) in [6, 6.07) is 3.53. The first kappa shape index (κ1) is 14.7. The summed E-state index contributed by atoms with van der Waals surface area (Å²) in [5, 5.41) is 4.29. The highest BCUT2D eigenvalue weighted by Crippen LogP contribution is 2.17. The largest absolute Gasteiger partial charge is 0.362 e. The zero-order valence-corrected chi connectivity index (χ0v) is 13.1. The average molecular weight is 300 g/mol. The Morgan fingerprint density at radius 3 is 2.82 bits per heavy atom. The van der Waals surface area contributed by atoms with E-state index in [-0.39, 0.29) is 11.3 Å². The number of carbonyl (C=O) groups is 1. The van der Waals surface area contributed by atoms with E-state index in [1.165, 1.54) is 4.68 Å². The number of nitrogens with one attached hydrogen (secondary N) is 1. The normalized spacial score (nSPS) is 14.9. The molecule has 0 atom stereocenters. The van der Waals surface area contributed by atoms with Gasteiger partial charge in [0.05, 0.1) is 12.2 Å². The molecule has 0 amide bonds. The van der Waals surface area contributed by atoms with Crippen LogP contribution in [0.25, 0.3) is 0 Å². The molecule has 0 aromatic carbocycles. The van der Waals surface area contributed by atoms with Gasteiger partial charge in [0, 0.05) is 49.6 Å². The van der Waals surface area contributed by atoms with E-state index < -0.39 is 0 Å². The van der Waals surface area contributed by atoms with Gasteiger partial charge in [0.2, 0.25) is 0 Å². The zero-order valence-electron chi connectivity index (χ0n) is 13.1. The molecule has 6 nitrogen and oxygen atoms in total. The summed E-state index contributed by atoms with van der Waals surface area (Å²) < 4.78 is 1.37. The molecule has 0 unspecified atom stereocenters. The molecule has 2 aromatic rings. The maximum absolute atomic E-state index is 12.4. The smallest absolute Gasteiger partial charge is 0.266 e. The van der Waals surface area contributed by atoms with Gasteiger partial charge in [0.1, 0.15) is 0 Å². The van der Waals surface area contributed by atoms with E-state index >= 15 is 0 Å². The number of hydrogen-bond acceptors (Lipinski definition) is 4. The molecule has 2 aromatic heterocycles. The van der Waals surface area contributed by atoms with E-state index in [0.29, 0.717) is 13.1 Å². The van der Waals surface area contributed by atoms with Crippen LogP contribution in [0.15, 0.2) is 16.9 Å². The van der Waals surface area contributed by atoms with Crippen molar-refractivity contribution >= 4 is 5.78 Å². The molecule has 0 fully saturated rings. The van der Waals surface area contributed by atoms with Gasteiger partial charge in [-0.05, 0) is 25.5 Å². The molecule has 0 saturated heterocycles. The van der Waals surface area contributed by atoms with Crippen LogP contribution >= 0.6 is 0 Å². The Morgan fingerprint density at radius 1 is 1.36 bits per heavy atom. The lowest BCUT2D eigenvalue weighted by Gasteiger charge is -2.27. The number of H-pyrrole nitrogens is 1. The van der Waals surface area contributed by atoms with Crippen molar-refractivity contribution < 1.29 is 4.79 Å². The molecule has 1 aliphatic rings. The Balaban J connectivity index is 1.75. The predicted molar refractivity (Wildman–Crippen MR) is 83.1 cm³/mol. The lowest BCUT2D eigenvalue weighted by Crippen LogP contribution is -2.37. The van der Waals surface area contributed by atoms with Gasteiger partial charge in [-0.1, -0.05) is 0 Å². The fourth-order valence-electron chi connectivity index (χ4n) is 2.99. The number of aromatic nitrogens is 3.